The number of nitrogens with one attached hydrogen (secondary N) is 1. The molecule has 0 spiro atoms. The van der Waals surface area contributed by atoms with Gasteiger partial charge in [-0.25, -0.2) is 13.2 Å². The van der Waals surface area contributed by atoms with Crippen LogP contribution < -0.4 is 9.62 Å². The van der Waals surface area contributed by atoms with E-state index in [4.69, 9.17) is 23.2 Å². The Morgan fingerprint density at radius 3 is 2.48 bits per heavy atom. The molecule has 0 bridgehead atoms. The van der Waals surface area contributed by atoms with Crippen LogP contribution in [0.4, 0.5) is 11.4 Å². The van der Waals surface area contributed by atoms with E-state index >= 15 is 0 Å². The number of carbonyl (C=O) groups is 2. The first-order valence-corrected chi connectivity index (χ1v) is 10.1. The predicted octanol–water partition coefficient (Wildman–Crippen LogP) is 3.18. The fourth-order valence-electron chi connectivity index (χ4n) is 2.23. The van der Waals surface area contributed by atoms with Gasteiger partial charge in [-0.1, -0.05) is 29.3 Å². The molecule has 7 nitrogen and oxygen atoms in total. The van der Waals surface area contributed by atoms with Crippen LogP contribution in [0.2, 0.25) is 10.0 Å². The minimum Gasteiger partial charge on any atom is -0.465 e. The number of benzene rings is 2. The van der Waals surface area contributed by atoms with Gasteiger partial charge in [0, 0.05) is 10.7 Å². The third kappa shape index (κ3) is 5.59. The van der Waals surface area contributed by atoms with Crippen LogP contribution in [0.25, 0.3) is 0 Å². The van der Waals surface area contributed by atoms with Gasteiger partial charge in [-0.3, -0.25) is 9.10 Å². The summed E-state index contributed by atoms with van der Waals surface area (Å²) in [5.74, 6) is -1.19. The zero-order valence-corrected chi connectivity index (χ0v) is 16.7. The zero-order chi connectivity index (χ0) is 20.2. The first-order chi connectivity index (χ1) is 12.6. The van der Waals surface area contributed by atoms with E-state index in [1.165, 1.54) is 37.4 Å². The number of amides is 1. The van der Waals surface area contributed by atoms with E-state index in [0.717, 1.165) is 10.6 Å². The molecular formula is C17H16Cl2N2O5S. The number of rotatable bonds is 6. The van der Waals surface area contributed by atoms with Crippen LogP contribution in [0, 0.1) is 0 Å². The second kappa shape index (κ2) is 8.60. The molecule has 2 aromatic carbocycles. The SMILES string of the molecule is COC(=O)c1cccc(NC(=O)CN(c2cc(Cl)ccc2Cl)S(C)(=O)=O)c1. The molecule has 0 aliphatic carbocycles. The van der Waals surface area contributed by atoms with Gasteiger partial charge in [-0.15, -0.1) is 0 Å². The third-order valence-corrected chi connectivity index (χ3v) is 5.11. The van der Waals surface area contributed by atoms with Crippen molar-refractivity contribution in [3.63, 3.8) is 0 Å². The number of esters is 1. The third-order valence-electron chi connectivity index (χ3n) is 3.43. The molecule has 2 rings (SSSR count). The molecule has 1 N–H and O–H groups in total. The molecule has 0 aliphatic rings. The van der Waals surface area contributed by atoms with Gasteiger partial charge in [0.25, 0.3) is 0 Å². The van der Waals surface area contributed by atoms with E-state index < -0.39 is 28.4 Å². The van der Waals surface area contributed by atoms with Gasteiger partial charge in [0.15, 0.2) is 0 Å². The van der Waals surface area contributed by atoms with Crippen molar-refractivity contribution in [2.45, 2.75) is 0 Å². The fourth-order valence-corrected chi connectivity index (χ4v) is 3.53. The first kappa shape index (κ1) is 21.0. The van der Waals surface area contributed by atoms with Gasteiger partial charge in [-0.2, -0.15) is 0 Å². The lowest BCUT2D eigenvalue weighted by molar-refractivity contribution is -0.114. The van der Waals surface area contributed by atoms with E-state index in [-0.39, 0.29) is 21.3 Å². The van der Waals surface area contributed by atoms with Crippen LogP contribution in [0.15, 0.2) is 42.5 Å². The summed E-state index contributed by atoms with van der Waals surface area (Å²) in [4.78, 5) is 23.9. The topological polar surface area (TPSA) is 92.8 Å². The Kier molecular flexibility index (Phi) is 6.69. The Bertz CT molecular complexity index is 979. The van der Waals surface area contributed by atoms with Crippen LogP contribution in [-0.4, -0.2) is 40.2 Å². The smallest absolute Gasteiger partial charge is 0.337 e. The average Bonchev–Trinajstić information content (AvgIpc) is 2.60. The summed E-state index contributed by atoms with van der Waals surface area (Å²) < 4.78 is 29.8. The minimum atomic E-state index is -3.81. The summed E-state index contributed by atoms with van der Waals surface area (Å²) >= 11 is 12.0. The molecule has 0 saturated heterocycles. The highest BCUT2D eigenvalue weighted by Gasteiger charge is 2.23. The Morgan fingerprint density at radius 1 is 1.15 bits per heavy atom. The lowest BCUT2D eigenvalue weighted by atomic mass is 10.2. The molecule has 0 saturated carbocycles. The number of hydrogen-bond donors (Lipinski definition) is 1. The lowest BCUT2D eigenvalue weighted by Gasteiger charge is -2.23. The fraction of sp³-hybridized carbons (Fsp3) is 0.176. The molecule has 1 amide bonds. The normalized spacial score (nSPS) is 11.0. The monoisotopic (exact) mass is 430 g/mol. The van der Waals surface area contributed by atoms with Crippen molar-refractivity contribution in [2.24, 2.45) is 0 Å². The van der Waals surface area contributed by atoms with E-state index in [0.29, 0.717) is 5.69 Å². The lowest BCUT2D eigenvalue weighted by Crippen LogP contribution is -2.37. The summed E-state index contributed by atoms with van der Waals surface area (Å²) in [6.45, 7) is -0.526. The Hall–Kier alpha value is -2.29. The number of sulfonamides is 1. The first-order valence-electron chi connectivity index (χ1n) is 7.53. The average molecular weight is 431 g/mol. The summed E-state index contributed by atoms with van der Waals surface area (Å²) in [5.41, 5.74) is 0.645. The van der Waals surface area contributed by atoms with Gasteiger partial charge in [-0.05, 0) is 36.4 Å². The summed E-state index contributed by atoms with van der Waals surface area (Å²) in [6, 6.07) is 10.4. The molecule has 10 heteroatoms. The zero-order valence-electron chi connectivity index (χ0n) is 14.4. The van der Waals surface area contributed by atoms with Crippen molar-refractivity contribution in [2.75, 3.05) is 29.5 Å². The van der Waals surface area contributed by atoms with Gasteiger partial charge in [0.2, 0.25) is 15.9 Å². The van der Waals surface area contributed by atoms with Crippen molar-refractivity contribution in [3.05, 3.63) is 58.1 Å². The summed E-state index contributed by atoms with van der Waals surface area (Å²) in [7, 11) is -2.57. The maximum atomic E-state index is 12.4. The Morgan fingerprint density at radius 2 is 1.85 bits per heavy atom. The predicted molar refractivity (Wildman–Crippen MR) is 105 cm³/mol. The molecule has 0 aromatic heterocycles. The molecule has 0 radical (unpaired) electrons. The van der Waals surface area contributed by atoms with Crippen molar-refractivity contribution < 1.29 is 22.7 Å². The number of anilines is 2. The van der Waals surface area contributed by atoms with Crippen molar-refractivity contribution in [1.29, 1.82) is 0 Å². The van der Waals surface area contributed by atoms with Crippen LogP contribution in [0.1, 0.15) is 10.4 Å². The highest BCUT2D eigenvalue weighted by molar-refractivity contribution is 7.92. The number of carbonyl (C=O) groups excluding carboxylic acids is 2. The largest absolute Gasteiger partial charge is 0.465 e. The van der Waals surface area contributed by atoms with E-state index in [1.807, 2.05) is 0 Å². The number of halogens is 2. The van der Waals surface area contributed by atoms with Gasteiger partial charge in [0.1, 0.15) is 6.54 Å². The van der Waals surface area contributed by atoms with Crippen LogP contribution in [-0.2, 0) is 19.6 Å². The standard InChI is InChI=1S/C17H16Cl2N2O5S/c1-26-17(23)11-4-3-5-13(8-11)20-16(22)10-21(27(2,24)25)15-9-12(18)6-7-14(15)19/h3-9H,10H2,1-2H3,(H,20,22). The quantitative estimate of drug-likeness (QED) is 0.710. The maximum Gasteiger partial charge on any atom is 0.337 e. The van der Waals surface area contributed by atoms with Crippen molar-refractivity contribution >= 4 is 56.5 Å². The van der Waals surface area contributed by atoms with Gasteiger partial charge in [0.05, 0.1) is 29.6 Å². The highest BCUT2D eigenvalue weighted by atomic mass is 35.5. The molecule has 144 valence electrons. The second-order valence-electron chi connectivity index (χ2n) is 5.49. The molecule has 0 aliphatic heterocycles. The van der Waals surface area contributed by atoms with Crippen LogP contribution in [0.5, 0.6) is 0 Å². The van der Waals surface area contributed by atoms with E-state index in [9.17, 15) is 18.0 Å². The molecule has 0 atom stereocenters. The molecular weight excluding hydrogens is 415 g/mol. The molecule has 2 aromatic rings. The van der Waals surface area contributed by atoms with E-state index in [1.54, 1.807) is 12.1 Å². The Balaban J connectivity index is 2.25. The van der Waals surface area contributed by atoms with Crippen molar-refractivity contribution in [3.8, 4) is 0 Å². The summed E-state index contributed by atoms with van der Waals surface area (Å²) in [6.07, 6.45) is 0.954. The highest BCUT2D eigenvalue weighted by Crippen LogP contribution is 2.30. The number of hydrogen-bond acceptors (Lipinski definition) is 5. The number of ether oxygens (including phenoxy) is 1. The van der Waals surface area contributed by atoms with Crippen LogP contribution in [0.3, 0.4) is 0 Å². The maximum absolute atomic E-state index is 12.4. The second-order valence-corrected chi connectivity index (χ2v) is 8.24. The minimum absolute atomic E-state index is 0.0881. The molecule has 27 heavy (non-hydrogen) atoms. The van der Waals surface area contributed by atoms with Crippen LogP contribution >= 0.6 is 23.2 Å². The number of nitrogens with zero attached hydrogens (tertiary/aromatic N) is 1. The summed E-state index contributed by atoms with van der Waals surface area (Å²) in [5, 5.41) is 2.94. The van der Waals surface area contributed by atoms with Crippen molar-refractivity contribution in [1.82, 2.24) is 0 Å². The van der Waals surface area contributed by atoms with Gasteiger partial charge < -0.3 is 10.1 Å². The van der Waals surface area contributed by atoms with E-state index in [2.05, 4.69) is 10.1 Å². The molecule has 0 heterocycles. The number of methoxy groups -OCH3 is 1. The molecule has 0 unspecified atom stereocenters. The van der Waals surface area contributed by atoms with Gasteiger partial charge >= 0.3 is 5.97 Å². The molecule has 0 fully saturated rings. The Labute approximate surface area is 166 Å².